The maximum atomic E-state index is 11.8. The first-order valence-corrected chi connectivity index (χ1v) is 6.60. The summed E-state index contributed by atoms with van der Waals surface area (Å²) in [5.74, 6) is 0.482. The van der Waals surface area contributed by atoms with Crippen LogP contribution in [-0.2, 0) is 4.79 Å². The zero-order chi connectivity index (χ0) is 14.8. The van der Waals surface area contributed by atoms with Gasteiger partial charge in [0.2, 0.25) is 0 Å². The van der Waals surface area contributed by atoms with Gasteiger partial charge in [0.15, 0.2) is 5.78 Å². The fourth-order valence-corrected chi connectivity index (χ4v) is 2.68. The minimum Gasteiger partial charge on any atom is -0.510 e. The number of methoxy groups -OCH3 is 1. The second kappa shape index (κ2) is 5.40. The molecule has 2 aromatic rings. The highest BCUT2D eigenvalue weighted by atomic mass is 16.5. The van der Waals surface area contributed by atoms with Crippen LogP contribution in [0.3, 0.4) is 0 Å². The third-order valence-electron chi connectivity index (χ3n) is 3.68. The molecule has 0 amide bonds. The van der Waals surface area contributed by atoms with Crippen molar-refractivity contribution in [3.8, 4) is 5.75 Å². The van der Waals surface area contributed by atoms with Crippen LogP contribution < -0.4 is 4.74 Å². The van der Waals surface area contributed by atoms with Crippen molar-refractivity contribution in [2.45, 2.75) is 18.4 Å². The van der Waals surface area contributed by atoms with Crippen molar-refractivity contribution in [2.24, 2.45) is 0 Å². The van der Waals surface area contributed by atoms with E-state index in [1.54, 1.807) is 18.1 Å². The lowest BCUT2D eigenvalue weighted by Crippen LogP contribution is -2.27. The van der Waals surface area contributed by atoms with Crippen molar-refractivity contribution < 1.29 is 14.6 Å². The SMILES string of the molecule is COc1ccc([C@H]2CC(=O)C=C(O)[C@@H]2n2cncn2)cc1. The fourth-order valence-electron chi connectivity index (χ4n) is 2.68. The van der Waals surface area contributed by atoms with Gasteiger partial charge in [-0.2, -0.15) is 5.10 Å². The molecule has 0 saturated heterocycles. The van der Waals surface area contributed by atoms with E-state index >= 15 is 0 Å². The molecule has 0 unspecified atom stereocenters. The van der Waals surface area contributed by atoms with E-state index in [4.69, 9.17) is 4.74 Å². The fraction of sp³-hybridized carbons (Fsp3) is 0.267. The van der Waals surface area contributed by atoms with E-state index in [0.717, 1.165) is 11.3 Å². The van der Waals surface area contributed by atoms with Crippen LogP contribution in [0.4, 0.5) is 0 Å². The van der Waals surface area contributed by atoms with Crippen molar-refractivity contribution in [1.29, 1.82) is 0 Å². The van der Waals surface area contributed by atoms with Crippen LogP contribution in [0.1, 0.15) is 23.9 Å². The number of carbonyl (C=O) groups is 1. The summed E-state index contributed by atoms with van der Waals surface area (Å²) in [4.78, 5) is 15.7. The van der Waals surface area contributed by atoms with Gasteiger partial charge in [-0.05, 0) is 17.7 Å². The van der Waals surface area contributed by atoms with Gasteiger partial charge in [-0.3, -0.25) is 4.79 Å². The largest absolute Gasteiger partial charge is 0.510 e. The number of nitrogens with zero attached hydrogens (tertiary/aromatic N) is 3. The number of aromatic nitrogens is 3. The Balaban J connectivity index is 2.01. The maximum absolute atomic E-state index is 11.8. The second-order valence-corrected chi connectivity index (χ2v) is 4.94. The number of carbonyl (C=O) groups excluding carboxylic acids is 1. The third-order valence-corrected chi connectivity index (χ3v) is 3.68. The Kier molecular flexibility index (Phi) is 3.43. The normalized spacial score (nSPS) is 22.0. The van der Waals surface area contributed by atoms with Crippen molar-refractivity contribution in [2.75, 3.05) is 7.11 Å². The van der Waals surface area contributed by atoms with Crippen LogP contribution in [0.5, 0.6) is 5.75 Å². The number of ketones is 1. The highest BCUT2D eigenvalue weighted by Crippen LogP contribution is 2.39. The van der Waals surface area contributed by atoms with Gasteiger partial charge in [-0.25, -0.2) is 9.67 Å². The standard InChI is InChI=1S/C15H15N3O3/c1-21-12-4-2-10(3-5-12)13-6-11(19)7-14(20)15(13)18-9-16-8-17-18/h2-5,7-9,13,15,20H,6H2,1H3/t13-,15-/m1/s1. The molecule has 6 nitrogen and oxygen atoms in total. The highest BCUT2D eigenvalue weighted by Gasteiger charge is 2.34. The summed E-state index contributed by atoms with van der Waals surface area (Å²) < 4.78 is 6.72. The molecule has 108 valence electrons. The molecule has 1 heterocycles. The third kappa shape index (κ3) is 2.52. The number of ether oxygens (including phenoxy) is 1. The number of hydrogen-bond donors (Lipinski definition) is 1. The molecule has 2 atom stereocenters. The van der Waals surface area contributed by atoms with Crippen molar-refractivity contribution in [3.05, 3.63) is 54.3 Å². The Morgan fingerprint density at radius 3 is 2.71 bits per heavy atom. The summed E-state index contributed by atoms with van der Waals surface area (Å²) >= 11 is 0. The summed E-state index contributed by atoms with van der Waals surface area (Å²) in [6, 6.07) is 7.07. The van der Waals surface area contributed by atoms with Crippen molar-refractivity contribution in [1.82, 2.24) is 14.8 Å². The zero-order valence-electron chi connectivity index (χ0n) is 11.5. The first kappa shape index (κ1) is 13.4. The molecule has 1 aliphatic rings. The number of allylic oxidation sites excluding steroid dienone is 2. The molecule has 0 radical (unpaired) electrons. The van der Waals surface area contributed by atoms with Gasteiger partial charge >= 0.3 is 0 Å². The molecule has 1 aromatic carbocycles. The van der Waals surface area contributed by atoms with E-state index in [9.17, 15) is 9.90 Å². The topological polar surface area (TPSA) is 77.2 Å². The van der Waals surface area contributed by atoms with Gasteiger partial charge < -0.3 is 9.84 Å². The number of aliphatic hydroxyl groups is 1. The Morgan fingerprint density at radius 1 is 1.33 bits per heavy atom. The highest BCUT2D eigenvalue weighted by molar-refractivity contribution is 5.92. The molecular formula is C15H15N3O3. The second-order valence-electron chi connectivity index (χ2n) is 4.94. The number of aliphatic hydroxyl groups excluding tert-OH is 1. The molecule has 1 aliphatic carbocycles. The van der Waals surface area contributed by atoms with E-state index in [1.165, 1.54) is 12.4 Å². The summed E-state index contributed by atoms with van der Waals surface area (Å²) in [6.07, 6.45) is 4.54. The van der Waals surface area contributed by atoms with Crippen LogP contribution >= 0.6 is 0 Å². The summed E-state index contributed by atoms with van der Waals surface area (Å²) in [5.41, 5.74) is 0.948. The molecule has 6 heteroatoms. The van der Waals surface area contributed by atoms with Crippen molar-refractivity contribution >= 4 is 5.78 Å². The van der Waals surface area contributed by atoms with E-state index in [-0.39, 0.29) is 17.5 Å². The smallest absolute Gasteiger partial charge is 0.159 e. The van der Waals surface area contributed by atoms with Crippen LogP contribution in [0.25, 0.3) is 0 Å². The van der Waals surface area contributed by atoms with E-state index in [2.05, 4.69) is 10.1 Å². The summed E-state index contributed by atoms with van der Waals surface area (Å²) in [5, 5.41) is 14.3. The Labute approximate surface area is 121 Å². The maximum Gasteiger partial charge on any atom is 0.159 e. The molecule has 1 N–H and O–H groups in total. The predicted molar refractivity (Wildman–Crippen MR) is 75.1 cm³/mol. The number of benzene rings is 1. The Bertz CT molecular complexity index is 662. The quantitative estimate of drug-likeness (QED) is 0.933. The van der Waals surface area contributed by atoms with Gasteiger partial charge in [0.25, 0.3) is 0 Å². The Hall–Kier alpha value is -2.63. The van der Waals surface area contributed by atoms with Crippen LogP contribution in [-0.4, -0.2) is 32.8 Å². The average Bonchev–Trinajstić information content (AvgIpc) is 3.00. The van der Waals surface area contributed by atoms with E-state index in [1.807, 2.05) is 24.3 Å². The average molecular weight is 285 g/mol. The number of rotatable bonds is 3. The van der Waals surface area contributed by atoms with Gasteiger partial charge in [0.1, 0.15) is 30.2 Å². The molecule has 21 heavy (non-hydrogen) atoms. The first-order chi connectivity index (χ1) is 10.2. The van der Waals surface area contributed by atoms with E-state index in [0.29, 0.717) is 6.42 Å². The minimum absolute atomic E-state index is 0.0116. The predicted octanol–water partition coefficient (Wildman–Crippen LogP) is 2.03. The lowest BCUT2D eigenvalue weighted by molar-refractivity contribution is -0.116. The van der Waals surface area contributed by atoms with Gasteiger partial charge in [-0.1, -0.05) is 12.1 Å². The molecule has 0 bridgehead atoms. The minimum atomic E-state index is -0.418. The molecule has 3 rings (SSSR count). The molecule has 0 spiro atoms. The van der Waals surface area contributed by atoms with Gasteiger partial charge in [0.05, 0.1) is 7.11 Å². The van der Waals surface area contributed by atoms with Gasteiger partial charge in [0, 0.05) is 18.4 Å². The Morgan fingerprint density at radius 2 is 2.10 bits per heavy atom. The zero-order valence-corrected chi connectivity index (χ0v) is 11.5. The first-order valence-electron chi connectivity index (χ1n) is 6.60. The van der Waals surface area contributed by atoms with Gasteiger partial charge in [-0.15, -0.1) is 0 Å². The molecule has 1 aromatic heterocycles. The van der Waals surface area contributed by atoms with Crippen molar-refractivity contribution in [3.63, 3.8) is 0 Å². The van der Waals surface area contributed by atoms with Crippen LogP contribution in [0.15, 0.2) is 48.8 Å². The summed E-state index contributed by atoms with van der Waals surface area (Å²) in [7, 11) is 1.60. The molecule has 0 saturated carbocycles. The van der Waals surface area contributed by atoms with E-state index < -0.39 is 6.04 Å². The monoisotopic (exact) mass is 285 g/mol. The summed E-state index contributed by atoms with van der Waals surface area (Å²) in [6.45, 7) is 0. The lowest BCUT2D eigenvalue weighted by Gasteiger charge is -2.29. The van der Waals surface area contributed by atoms with Crippen LogP contribution in [0.2, 0.25) is 0 Å². The van der Waals surface area contributed by atoms with Crippen LogP contribution in [0, 0.1) is 0 Å². The lowest BCUT2D eigenvalue weighted by atomic mass is 9.82. The molecular weight excluding hydrogens is 270 g/mol. The molecule has 0 fully saturated rings. The number of hydrogen-bond acceptors (Lipinski definition) is 5. The molecule has 0 aliphatic heterocycles.